The lowest BCUT2D eigenvalue weighted by Gasteiger charge is -2.43. The molecule has 5 heterocycles. The quantitative estimate of drug-likeness (QED) is 0.459. The number of rotatable bonds is 7. The molecule has 0 bridgehead atoms. The van der Waals surface area contributed by atoms with E-state index in [0.717, 1.165) is 55.1 Å². The van der Waals surface area contributed by atoms with Crippen molar-refractivity contribution in [1.29, 1.82) is 5.26 Å². The zero-order chi connectivity index (χ0) is 30.1. The van der Waals surface area contributed by atoms with E-state index in [1.165, 1.54) is 23.6 Å². The van der Waals surface area contributed by atoms with E-state index in [2.05, 4.69) is 58.7 Å². The van der Waals surface area contributed by atoms with Crippen LogP contribution in [-0.2, 0) is 29.0 Å². The summed E-state index contributed by atoms with van der Waals surface area (Å²) in [5.41, 5.74) is 6.51. The first-order valence-corrected chi connectivity index (χ1v) is 15.4. The molecule has 0 saturated carbocycles. The van der Waals surface area contributed by atoms with Crippen LogP contribution in [0.3, 0.4) is 0 Å². The van der Waals surface area contributed by atoms with Crippen molar-refractivity contribution in [2.45, 2.75) is 57.2 Å². The maximum Gasteiger partial charge on any atom is 0.246 e. The van der Waals surface area contributed by atoms with E-state index in [9.17, 15) is 14.9 Å². The van der Waals surface area contributed by atoms with Gasteiger partial charge in [-0.25, -0.2) is 4.98 Å². The van der Waals surface area contributed by atoms with Crippen molar-refractivity contribution < 1.29 is 14.3 Å². The number of nitrogens with zero attached hydrogens (tertiary/aromatic N) is 7. The Balaban J connectivity index is 1.33. The zero-order valence-electron chi connectivity index (χ0n) is 25.3. The molecule has 6 rings (SSSR count). The molecule has 4 aliphatic rings. The number of carbonyl (C=O) groups is 2. The second-order valence-corrected chi connectivity index (χ2v) is 12.1. The van der Waals surface area contributed by atoms with E-state index >= 15 is 0 Å². The average Bonchev–Trinajstić information content (AvgIpc) is 3.44. The highest BCUT2D eigenvalue weighted by Crippen LogP contribution is 2.40. The molecular weight excluding hydrogens is 542 g/mol. The van der Waals surface area contributed by atoms with Crippen LogP contribution in [0.5, 0.6) is 5.88 Å². The summed E-state index contributed by atoms with van der Waals surface area (Å²) >= 11 is 0. The normalized spacial score (nSPS) is 22.2. The van der Waals surface area contributed by atoms with E-state index < -0.39 is 0 Å². The zero-order valence-corrected chi connectivity index (χ0v) is 25.3. The number of carbonyl (C=O) groups excluding carboxylic acids is 2. The van der Waals surface area contributed by atoms with Crippen LogP contribution >= 0.6 is 0 Å². The van der Waals surface area contributed by atoms with Crippen LogP contribution in [0.4, 0.5) is 17.1 Å². The number of hydrogen-bond acceptors (Lipinski definition) is 8. The minimum absolute atomic E-state index is 0.133. The summed E-state index contributed by atoms with van der Waals surface area (Å²) < 4.78 is 6.39. The monoisotopic (exact) mass is 583 g/mol. The molecule has 10 heteroatoms. The van der Waals surface area contributed by atoms with Crippen LogP contribution in [0, 0.1) is 11.3 Å². The summed E-state index contributed by atoms with van der Waals surface area (Å²) in [7, 11) is 4.02. The highest BCUT2D eigenvalue weighted by atomic mass is 16.5. The van der Waals surface area contributed by atoms with Gasteiger partial charge in [0, 0.05) is 63.0 Å². The van der Waals surface area contributed by atoms with Crippen molar-refractivity contribution in [2.75, 3.05) is 68.1 Å². The lowest BCUT2D eigenvalue weighted by Crippen LogP contribution is -2.55. The Morgan fingerprint density at radius 3 is 2.74 bits per heavy atom. The van der Waals surface area contributed by atoms with Gasteiger partial charge in [0.1, 0.15) is 6.61 Å². The highest BCUT2D eigenvalue weighted by molar-refractivity contribution is 5.99. The van der Waals surface area contributed by atoms with Crippen LogP contribution < -0.4 is 19.4 Å². The molecule has 2 atom stereocenters. The number of piperazine rings is 1. The van der Waals surface area contributed by atoms with E-state index in [0.29, 0.717) is 51.1 Å². The van der Waals surface area contributed by atoms with Gasteiger partial charge < -0.3 is 29.2 Å². The first-order valence-electron chi connectivity index (χ1n) is 15.4. The number of nitriles is 1. The van der Waals surface area contributed by atoms with Gasteiger partial charge in [-0.2, -0.15) is 5.26 Å². The van der Waals surface area contributed by atoms with Crippen molar-refractivity contribution in [2.24, 2.45) is 0 Å². The van der Waals surface area contributed by atoms with Crippen molar-refractivity contribution in [3.63, 3.8) is 0 Å². The Labute approximate surface area is 254 Å². The number of likely N-dealkylation sites (N-methyl/N-ethyl adjacent to an activating group) is 1. The molecule has 2 fully saturated rings. The Bertz CT molecular complexity index is 1450. The molecule has 0 N–H and O–H groups in total. The number of anilines is 3. The fourth-order valence-electron chi connectivity index (χ4n) is 7.15. The average molecular weight is 584 g/mol. The first kappa shape index (κ1) is 29.0. The summed E-state index contributed by atoms with van der Waals surface area (Å²) in [5.74, 6) is 0.623. The van der Waals surface area contributed by atoms with Gasteiger partial charge in [0.2, 0.25) is 17.7 Å². The number of benzene rings is 1. The Morgan fingerprint density at radius 1 is 1.12 bits per heavy atom. The summed E-state index contributed by atoms with van der Waals surface area (Å²) in [6.07, 6.45) is 5.98. The Morgan fingerprint density at radius 2 is 1.98 bits per heavy atom. The van der Waals surface area contributed by atoms with Crippen molar-refractivity contribution >= 4 is 28.9 Å². The lowest BCUT2D eigenvalue weighted by molar-refractivity contribution is -0.128. The number of aryl methyl sites for hydroxylation is 1. The maximum absolute atomic E-state index is 12.6. The highest BCUT2D eigenvalue weighted by Gasteiger charge is 2.34. The number of pyridine rings is 1. The van der Waals surface area contributed by atoms with E-state index in [1.807, 2.05) is 7.05 Å². The third kappa shape index (κ3) is 5.66. The van der Waals surface area contributed by atoms with E-state index in [4.69, 9.17) is 9.72 Å². The van der Waals surface area contributed by atoms with Gasteiger partial charge in [0.05, 0.1) is 42.1 Å². The maximum atomic E-state index is 12.6. The molecule has 0 spiro atoms. The van der Waals surface area contributed by atoms with Crippen LogP contribution in [0.2, 0.25) is 0 Å². The molecule has 1 aromatic heterocycles. The predicted molar refractivity (Wildman–Crippen MR) is 166 cm³/mol. The molecule has 2 amide bonds. The third-order valence-corrected chi connectivity index (χ3v) is 9.60. The predicted octanol–water partition coefficient (Wildman–Crippen LogP) is 3.14. The van der Waals surface area contributed by atoms with Crippen molar-refractivity contribution in [1.82, 2.24) is 14.8 Å². The van der Waals surface area contributed by atoms with Gasteiger partial charge in [-0.15, -0.1) is 0 Å². The van der Waals surface area contributed by atoms with Crippen molar-refractivity contribution in [3.05, 3.63) is 53.7 Å². The second kappa shape index (κ2) is 12.3. The van der Waals surface area contributed by atoms with Crippen LogP contribution in [-0.4, -0.2) is 92.1 Å². The van der Waals surface area contributed by atoms with Gasteiger partial charge >= 0.3 is 0 Å². The minimum atomic E-state index is -0.214. The lowest BCUT2D eigenvalue weighted by atomic mass is 9.97. The molecule has 10 nitrogen and oxygen atoms in total. The van der Waals surface area contributed by atoms with E-state index in [-0.39, 0.29) is 24.3 Å². The molecule has 2 saturated heterocycles. The number of para-hydroxylation sites is 1. The minimum Gasteiger partial charge on any atom is -0.476 e. The van der Waals surface area contributed by atoms with Gasteiger partial charge in [0.25, 0.3) is 0 Å². The molecule has 0 unspecified atom stereocenters. The summed E-state index contributed by atoms with van der Waals surface area (Å²) in [5, 5.41) is 9.54. The molecule has 2 aromatic rings. The number of likely N-dealkylation sites (tertiary alicyclic amines) is 1. The molecular formula is C33H41N7O3. The van der Waals surface area contributed by atoms with Crippen molar-refractivity contribution in [3.8, 4) is 11.9 Å². The smallest absolute Gasteiger partial charge is 0.246 e. The Hall–Kier alpha value is -4.10. The number of hydrogen-bond donors (Lipinski definition) is 0. The van der Waals surface area contributed by atoms with Crippen LogP contribution in [0.15, 0.2) is 36.9 Å². The van der Waals surface area contributed by atoms with Gasteiger partial charge in [-0.1, -0.05) is 18.7 Å². The van der Waals surface area contributed by atoms with Gasteiger partial charge in [0.15, 0.2) is 0 Å². The van der Waals surface area contributed by atoms with Crippen LogP contribution in [0.25, 0.3) is 0 Å². The molecule has 0 aliphatic carbocycles. The third-order valence-electron chi connectivity index (χ3n) is 9.60. The topological polar surface area (TPSA) is 96.2 Å². The largest absolute Gasteiger partial charge is 0.476 e. The molecule has 0 radical (unpaired) electrons. The fraction of sp³-hybridized carbons (Fsp3) is 0.515. The van der Waals surface area contributed by atoms with Crippen LogP contribution in [0.1, 0.15) is 42.5 Å². The summed E-state index contributed by atoms with van der Waals surface area (Å²) in [6.45, 7) is 8.49. The SMILES string of the molecule is C=CC(=O)N1CCN(c2cc(OC[C@@H]3CCCN3C)nc3c2CCN(c2cccc4c2N(C)C(=O)CC4)C3)C[C@@H]1CC#N. The second-order valence-electron chi connectivity index (χ2n) is 12.1. The van der Waals surface area contributed by atoms with E-state index in [1.54, 1.807) is 9.80 Å². The standard InChI is InChI=1S/C33H41N7O3/c1-4-31(41)40-18-17-39(20-24(40)12-14-34)29-19-30(43-22-25-8-6-15-36(25)2)35-27-21-38(16-13-26(27)29)28-9-5-7-23-10-11-32(42)37(3)33(23)28/h4-5,7,9,19,24-25H,1,6,8,10-13,15-18,20-22H2,2-3H3/t24-,25-/m0/s1. The molecule has 4 aliphatic heterocycles. The molecule has 1 aromatic carbocycles. The fourth-order valence-corrected chi connectivity index (χ4v) is 7.15. The number of ether oxygens (including phenoxy) is 1. The van der Waals surface area contributed by atoms with Gasteiger partial charge in [-0.3, -0.25) is 9.59 Å². The summed E-state index contributed by atoms with van der Waals surface area (Å²) in [4.78, 5) is 40.8. The number of aromatic nitrogens is 1. The number of fused-ring (bicyclic) bond motifs is 2. The summed E-state index contributed by atoms with van der Waals surface area (Å²) in [6, 6.07) is 10.8. The first-order chi connectivity index (χ1) is 20.9. The number of amides is 2. The van der Waals surface area contributed by atoms with Gasteiger partial charge in [-0.05, 0) is 57.0 Å². The molecule has 226 valence electrons. The molecule has 43 heavy (non-hydrogen) atoms. The Kier molecular flexibility index (Phi) is 8.26.